The van der Waals surface area contributed by atoms with Crippen molar-refractivity contribution in [1.82, 2.24) is 19.7 Å². The lowest BCUT2D eigenvalue weighted by Crippen LogP contribution is -2.07. The van der Waals surface area contributed by atoms with Crippen LogP contribution >= 0.6 is 11.6 Å². The Morgan fingerprint density at radius 2 is 1.93 bits per heavy atom. The number of benzene rings is 2. The molecule has 2 aromatic heterocycles. The molecule has 0 unspecified atom stereocenters. The lowest BCUT2D eigenvalue weighted by molar-refractivity contribution is -0.138. The number of H-pyrrole nitrogens is 1. The number of alkyl halides is 3. The van der Waals surface area contributed by atoms with Crippen LogP contribution in [0.2, 0.25) is 5.02 Å². The topological polar surface area (TPSA) is 93.0 Å². The predicted molar refractivity (Wildman–Crippen MR) is 96.7 cm³/mol. The monoisotopic (exact) mass is 422 g/mol. The molecular weight excluding hydrogens is 413 g/mol. The molecule has 29 heavy (non-hydrogen) atoms. The first-order valence-electron chi connectivity index (χ1n) is 8.03. The van der Waals surface area contributed by atoms with Crippen LogP contribution in [0.1, 0.15) is 15.9 Å². The molecular formula is C18H10ClF3N4O3. The summed E-state index contributed by atoms with van der Waals surface area (Å²) in [6.45, 7) is 0. The van der Waals surface area contributed by atoms with Crippen LogP contribution in [-0.2, 0) is 6.18 Å². The minimum Gasteiger partial charge on any atom is -0.478 e. The van der Waals surface area contributed by atoms with Gasteiger partial charge in [-0.2, -0.15) is 18.3 Å². The third-order valence-electron chi connectivity index (χ3n) is 3.96. The van der Waals surface area contributed by atoms with Crippen molar-refractivity contribution >= 4 is 28.6 Å². The number of carbonyl (C=O) groups is 1. The van der Waals surface area contributed by atoms with Gasteiger partial charge < -0.3 is 14.8 Å². The van der Waals surface area contributed by atoms with Crippen molar-refractivity contribution in [3.8, 4) is 17.4 Å². The Hall–Kier alpha value is -3.53. The Morgan fingerprint density at radius 3 is 2.55 bits per heavy atom. The number of hydrogen-bond donors (Lipinski definition) is 2. The van der Waals surface area contributed by atoms with Gasteiger partial charge in [0.1, 0.15) is 17.1 Å². The smallest absolute Gasteiger partial charge is 0.420 e. The first-order valence-corrected chi connectivity index (χ1v) is 8.41. The molecule has 0 aliphatic carbocycles. The summed E-state index contributed by atoms with van der Waals surface area (Å²) in [7, 11) is 0. The summed E-state index contributed by atoms with van der Waals surface area (Å²) < 4.78 is 47.2. The summed E-state index contributed by atoms with van der Waals surface area (Å²) in [5.74, 6) is -1.39. The number of imidazole rings is 1. The summed E-state index contributed by atoms with van der Waals surface area (Å²) in [6.07, 6.45) is -2.38. The summed E-state index contributed by atoms with van der Waals surface area (Å²) in [4.78, 5) is 17.9. The molecule has 4 aromatic rings. The molecule has 0 bridgehead atoms. The number of carboxylic acid groups (broad SMARTS) is 1. The van der Waals surface area contributed by atoms with Crippen molar-refractivity contribution in [1.29, 1.82) is 0 Å². The second-order valence-corrected chi connectivity index (χ2v) is 6.39. The summed E-state index contributed by atoms with van der Waals surface area (Å²) >= 11 is 5.78. The van der Waals surface area contributed by atoms with Crippen molar-refractivity contribution in [3.63, 3.8) is 0 Å². The van der Waals surface area contributed by atoms with Gasteiger partial charge in [-0.15, -0.1) is 0 Å². The van der Waals surface area contributed by atoms with Crippen LogP contribution in [0.3, 0.4) is 0 Å². The van der Waals surface area contributed by atoms with E-state index in [1.807, 2.05) is 0 Å². The quantitative estimate of drug-likeness (QED) is 0.487. The molecule has 11 heteroatoms. The zero-order valence-corrected chi connectivity index (χ0v) is 15.0. The van der Waals surface area contributed by atoms with Gasteiger partial charge in [-0.05, 0) is 30.3 Å². The highest BCUT2D eigenvalue weighted by Gasteiger charge is 2.35. The van der Waals surface area contributed by atoms with Crippen LogP contribution in [-0.4, -0.2) is 30.8 Å². The number of carboxylic acids is 1. The highest BCUT2D eigenvalue weighted by atomic mass is 35.5. The molecule has 0 amide bonds. The molecule has 0 atom stereocenters. The second kappa shape index (κ2) is 6.82. The van der Waals surface area contributed by atoms with Crippen LogP contribution in [0, 0.1) is 0 Å². The Kier molecular flexibility index (Phi) is 4.42. The maximum atomic E-state index is 13.5. The Balaban J connectivity index is 1.79. The molecule has 7 nitrogen and oxygen atoms in total. The minimum absolute atomic E-state index is 0.0595. The van der Waals surface area contributed by atoms with E-state index >= 15 is 0 Å². The number of halogens is 4. The minimum atomic E-state index is -4.68. The van der Waals surface area contributed by atoms with Crippen LogP contribution in [0.15, 0.2) is 48.8 Å². The largest absolute Gasteiger partial charge is 0.478 e. The fourth-order valence-electron chi connectivity index (χ4n) is 2.62. The zero-order chi connectivity index (χ0) is 20.8. The van der Waals surface area contributed by atoms with E-state index in [4.69, 9.17) is 21.4 Å². The first kappa shape index (κ1) is 18.8. The maximum absolute atomic E-state index is 13.5. The molecule has 2 N–H and O–H groups in total. The summed E-state index contributed by atoms with van der Waals surface area (Å²) in [6, 6.07) is 7.90. The maximum Gasteiger partial charge on any atom is 0.420 e. The Labute approximate surface area is 165 Å². The molecule has 2 aromatic carbocycles. The second-order valence-electron chi connectivity index (χ2n) is 5.96. The third-order valence-corrected chi connectivity index (χ3v) is 4.22. The van der Waals surface area contributed by atoms with Gasteiger partial charge in [0.15, 0.2) is 0 Å². The van der Waals surface area contributed by atoms with Crippen LogP contribution in [0.25, 0.3) is 17.0 Å². The molecule has 148 valence electrons. The van der Waals surface area contributed by atoms with E-state index in [1.165, 1.54) is 30.5 Å². The molecule has 0 saturated heterocycles. The van der Waals surface area contributed by atoms with E-state index in [9.17, 15) is 18.0 Å². The highest BCUT2D eigenvalue weighted by molar-refractivity contribution is 6.30. The zero-order valence-electron chi connectivity index (χ0n) is 14.2. The molecule has 0 spiro atoms. The van der Waals surface area contributed by atoms with Gasteiger partial charge in [-0.1, -0.05) is 11.6 Å². The third kappa shape index (κ3) is 3.74. The lowest BCUT2D eigenvalue weighted by Gasteiger charge is -2.13. The normalized spacial score (nSPS) is 11.7. The van der Waals surface area contributed by atoms with Gasteiger partial charge in [0, 0.05) is 17.3 Å². The predicted octanol–water partition coefficient (Wildman–Crippen LogP) is 4.91. The number of rotatable bonds is 4. The van der Waals surface area contributed by atoms with Gasteiger partial charge in [0.05, 0.1) is 22.8 Å². The van der Waals surface area contributed by atoms with E-state index in [1.54, 1.807) is 0 Å². The van der Waals surface area contributed by atoms with Crippen molar-refractivity contribution in [2.75, 3.05) is 0 Å². The number of hydrogen-bond acceptors (Lipinski definition) is 4. The fraction of sp³-hybridized carbons (Fsp3) is 0.0556. The number of nitrogens with zero attached hydrogens (tertiary/aromatic N) is 3. The average molecular weight is 423 g/mol. The number of ether oxygens (including phenoxy) is 1. The van der Waals surface area contributed by atoms with Crippen molar-refractivity contribution in [2.24, 2.45) is 0 Å². The summed E-state index contributed by atoms with van der Waals surface area (Å²) in [5, 5.41) is 13.2. The number of aromatic carboxylic acids is 1. The highest BCUT2D eigenvalue weighted by Crippen LogP contribution is 2.40. The van der Waals surface area contributed by atoms with Gasteiger partial charge >= 0.3 is 12.1 Å². The van der Waals surface area contributed by atoms with E-state index in [2.05, 4.69) is 15.1 Å². The SMILES string of the molecule is O=C(O)c1cnn(-c2nc3cc(Oc4ccc(Cl)cc4)c(C(F)(F)F)cc3[nH]2)c1. The fourth-order valence-corrected chi connectivity index (χ4v) is 2.74. The Morgan fingerprint density at radius 1 is 1.21 bits per heavy atom. The van der Waals surface area contributed by atoms with Crippen LogP contribution in [0.4, 0.5) is 13.2 Å². The standard InChI is InChI=1S/C18H10ClF3N4O3/c19-10-1-3-11(4-2-10)29-15-6-14-13(5-12(15)18(20,21)22)24-17(25-14)26-8-9(7-23-26)16(27)28/h1-8H,(H,24,25)(H,27,28). The van der Waals surface area contributed by atoms with Gasteiger partial charge in [-0.3, -0.25) is 0 Å². The molecule has 0 aliphatic heterocycles. The summed E-state index contributed by atoms with van der Waals surface area (Å²) in [5.41, 5.74) is -0.817. The van der Waals surface area contributed by atoms with Gasteiger partial charge in [-0.25, -0.2) is 14.5 Å². The van der Waals surface area contributed by atoms with E-state index in [0.29, 0.717) is 5.02 Å². The van der Waals surface area contributed by atoms with E-state index in [-0.39, 0.29) is 28.3 Å². The number of fused-ring (bicyclic) bond motifs is 1. The van der Waals surface area contributed by atoms with Gasteiger partial charge in [0.25, 0.3) is 0 Å². The van der Waals surface area contributed by atoms with E-state index < -0.39 is 23.5 Å². The number of aromatic amines is 1. The number of aromatic nitrogens is 4. The average Bonchev–Trinajstić information content (AvgIpc) is 3.28. The molecule has 4 rings (SSSR count). The molecule has 2 heterocycles. The van der Waals surface area contributed by atoms with Crippen LogP contribution in [0.5, 0.6) is 11.5 Å². The van der Waals surface area contributed by atoms with Crippen LogP contribution < -0.4 is 4.74 Å². The lowest BCUT2D eigenvalue weighted by atomic mass is 10.1. The van der Waals surface area contributed by atoms with Gasteiger partial charge in [0.2, 0.25) is 5.95 Å². The molecule has 0 radical (unpaired) electrons. The number of nitrogens with one attached hydrogen (secondary N) is 1. The molecule has 0 fully saturated rings. The molecule has 0 saturated carbocycles. The van der Waals surface area contributed by atoms with Crippen molar-refractivity contribution in [2.45, 2.75) is 6.18 Å². The first-order chi connectivity index (χ1) is 13.7. The van der Waals surface area contributed by atoms with E-state index in [0.717, 1.165) is 23.0 Å². The molecule has 0 aliphatic rings. The Bertz CT molecular complexity index is 1220. The van der Waals surface area contributed by atoms with Crippen molar-refractivity contribution in [3.05, 3.63) is 64.9 Å². The van der Waals surface area contributed by atoms with Crippen molar-refractivity contribution < 1.29 is 27.8 Å².